The molecule has 1 amide bonds. The molecule has 0 radical (unpaired) electrons. The summed E-state index contributed by atoms with van der Waals surface area (Å²) in [6, 6.07) is 8.17. The van der Waals surface area contributed by atoms with Gasteiger partial charge in [-0.3, -0.25) is 4.79 Å². The van der Waals surface area contributed by atoms with E-state index in [1.54, 1.807) is 0 Å². The molecule has 0 bridgehead atoms. The van der Waals surface area contributed by atoms with Gasteiger partial charge in [-0.1, -0.05) is 37.6 Å². The van der Waals surface area contributed by atoms with Gasteiger partial charge in [0.05, 0.1) is 6.61 Å². The van der Waals surface area contributed by atoms with Gasteiger partial charge in [-0.05, 0) is 49.3 Å². The second kappa shape index (κ2) is 9.29. The van der Waals surface area contributed by atoms with Gasteiger partial charge in [0, 0.05) is 13.0 Å². The molecular formula is C19H27NO2. The molecule has 3 heteroatoms. The second-order valence-corrected chi connectivity index (χ2v) is 5.92. The summed E-state index contributed by atoms with van der Waals surface area (Å²) in [5.74, 6) is 1.53. The van der Waals surface area contributed by atoms with E-state index in [0.717, 1.165) is 44.5 Å². The number of nitrogens with one attached hydrogen (secondary N) is 1. The first-order chi connectivity index (χ1) is 10.8. The molecule has 120 valence electrons. The Morgan fingerprint density at radius 1 is 1.32 bits per heavy atom. The molecule has 1 aromatic rings. The average molecular weight is 301 g/mol. The van der Waals surface area contributed by atoms with Crippen molar-refractivity contribution in [1.82, 2.24) is 5.32 Å². The minimum Gasteiger partial charge on any atom is -0.494 e. The highest BCUT2D eigenvalue weighted by Crippen LogP contribution is 2.20. The topological polar surface area (TPSA) is 38.3 Å². The van der Waals surface area contributed by atoms with Crippen molar-refractivity contribution in [3.8, 4) is 5.75 Å². The molecule has 1 N–H and O–H groups in total. The number of hydrogen-bond donors (Lipinski definition) is 1. The molecule has 1 aliphatic rings. The Hall–Kier alpha value is -1.77. The van der Waals surface area contributed by atoms with Crippen LogP contribution in [0.3, 0.4) is 0 Å². The molecule has 0 saturated carbocycles. The number of carbonyl (C=O) groups is 1. The van der Waals surface area contributed by atoms with E-state index in [1.165, 1.54) is 5.56 Å². The first-order valence-corrected chi connectivity index (χ1v) is 8.43. The van der Waals surface area contributed by atoms with Crippen LogP contribution in [-0.4, -0.2) is 19.1 Å². The van der Waals surface area contributed by atoms with Crippen LogP contribution in [0.15, 0.2) is 36.4 Å². The molecule has 0 aromatic heterocycles. The lowest BCUT2D eigenvalue weighted by molar-refractivity contribution is -0.121. The molecule has 0 heterocycles. The van der Waals surface area contributed by atoms with Gasteiger partial charge in [0.25, 0.3) is 0 Å². The van der Waals surface area contributed by atoms with E-state index in [4.69, 9.17) is 4.74 Å². The molecular weight excluding hydrogens is 274 g/mol. The van der Waals surface area contributed by atoms with Gasteiger partial charge >= 0.3 is 0 Å². The summed E-state index contributed by atoms with van der Waals surface area (Å²) in [7, 11) is 0. The Balaban J connectivity index is 1.63. The molecule has 0 spiro atoms. The van der Waals surface area contributed by atoms with E-state index in [9.17, 15) is 4.79 Å². The molecule has 3 nitrogen and oxygen atoms in total. The monoisotopic (exact) mass is 301 g/mol. The van der Waals surface area contributed by atoms with Crippen molar-refractivity contribution in [3.63, 3.8) is 0 Å². The maximum absolute atomic E-state index is 11.8. The van der Waals surface area contributed by atoms with Crippen LogP contribution in [-0.2, 0) is 11.2 Å². The smallest absolute Gasteiger partial charge is 0.220 e. The lowest BCUT2D eigenvalue weighted by Gasteiger charge is -2.09. The van der Waals surface area contributed by atoms with E-state index >= 15 is 0 Å². The van der Waals surface area contributed by atoms with Gasteiger partial charge in [-0.25, -0.2) is 0 Å². The third-order valence-corrected chi connectivity index (χ3v) is 3.99. The van der Waals surface area contributed by atoms with Gasteiger partial charge in [-0.15, -0.1) is 0 Å². The van der Waals surface area contributed by atoms with Crippen LogP contribution in [0.2, 0.25) is 0 Å². The molecule has 1 aliphatic carbocycles. The molecule has 0 unspecified atom stereocenters. The van der Waals surface area contributed by atoms with Crippen LogP contribution in [0, 0.1) is 5.92 Å². The predicted molar refractivity (Wildman–Crippen MR) is 90.0 cm³/mol. The lowest BCUT2D eigenvalue weighted by Crippen LogP contribution is -2.26. The zero-order valence-corrected chi connectivity index (χ0v) is 13.5. The van der Waals surface area contributed by atoms with Crippen molar-refractivity contribution < 1.29 is 9.53 Å². The quantitative estimate of drug-likeness (QED) is 0.555. The van der Waals surface area contributed by atoms with Crippen molar-refractivity contribution in [2.24, 2.45) is 5.92 Å². The number of allylic oxidation sites excluding steroid dienone is 2. The number of hydrogen-bond acceptors (Lipinski definition) is 2. The lowest BCUT2D eigenvalue weighted by atomic mass is 10.1. The highest BCUT2D eigenvalue weighted by atomic mass is 16.5. The van der Waals surface area contributed by atoms with Crippen LogP contribution in [0.5, 0.6) is 5.75 Å². The molecule has 2 rings (SSSR count). The Kier molecular flexibility index (Phi) is 7.01. The van der Waals surface area contributed by atoms with Crippen LogP contribution < -0.4 is 10.1 Å². The summed E-state index contributed by atoms with van der Waals surface area (Å²) in [4.78, 5) is 11.8. The fourth-order valence-corrected chi connectivity index (χ4v) is 2.61. The molecule has 0 fully saturated rings. The van der Waals surface area contributed by atoms with Gasteiger partial charge in [0.1, 0.15) is 5.75 Å². The van der Waals surface area contributed by atoms with Crippen molar-refractivity contribution >= 4 is 5.91 Å². The third kappa shape index (κ3) is 5.92. The van der Waals surface area contributed by atoms with E-state index < -0.39 is 0 Å². The van der Waals surface area contributed by atoms with Crippen LogP contribution in [0.25, 0.3) is 0 Å². The molecule has 0 saturated heterocycles. The number of ether oxygens (including phenoxy) is 1. The number of rotatable bonds is 9. The first kappa shape index (κ1) is 16.6. The van der Waals surface area contributed by atoms with Crippen molar-refractivity contribution in [2.45, 2.75) is 45.4 Å². The predicted octanol–water partition coefficient (Wildman–Crippen LogP) is 3.88. The standard InChI is InChI=1S/C19H27NO2/c1-2-3-14-22-18-10-8-16(9-11-18)12-13-20-19(21)15-17-6-4-5-7-17/h4,6,8-11,17H,2-3,5,7,12-15H2,1H3,(H,20,21)/t17-/m0/s1. The first-order valence-electron chi connectivity index (χ1n) is 8.43. The number of amides is 1. The maximum atomic E-state index is 11.8. The Labute approximate surface area is 133 Å². The molecule has 22 heavy (non-hydrogen) atoms. The van der Waals surface area contributed by atoms with Crippen LogP contribution in [0.4, 0.5) is 0 Å². The fraction of sp³-hybridized carbons (Fsp3) is 0.526. The zero-order valence-electron chi connectivity index (χ0n) is 13.5. The van der Waals surface area contributed by atoms with Gasteiger partial charge in [-0.2, -0.15) is 0 Å². The Morgan fingerprint density at radius 2 is 2.14 bits per heavy atom. The fourth-order valence-electron chi connectivity index (χ4n) is 2.61. The van der Waals surface area contributed by atoms with E-state index in [0.29, 0.717) is 18.9 Å². The summed E-state index contributed by atoms with van der Waals surface area (Å²) >= 11 is 0. The van der Waals surface area contributed by atoms with Crippen molar-refractivity contribution in [1.29, 1.82) is 0 Å². The molecule has 1 atom stereocenters. The Morgan fingerprint density at radius 3 is 2.82 bits per heavy atom. The second-order valence-electron chi connectivity index (χ2n) is 5.92. The minimum atomic E-state index is 0.163. The average Bonchev–Trinajstić information content (AvgIpc) is 3.02. The van der Waals surface area contributed by atoms with E-state index in [2.05, 4.69) is 36.5 Å². The van der Waals surface area contributed by atoms with Gasteiger partial charge < -0.3 is 10.1 Å². The molecule has 0 aliphatic heterocycles. The highest BCUT2D eigenvalue weighted by molar-refractivity contribution is 5.76. The van der Waals surface area contributed by atoms with Gasteiger partial charge in [0.15, 0.2) is 0 Å². The summed E-state index contributed by atoms with van der Waals surface area (Å²) < 4.78 is 5.64. The third-order valence-electron chi connectivity index (χ3n) is 3.99. The normalized spacial score (nSPS) is 16.7. The molecule has 1 aromatic carbocycles. The Bertz CT molecular complexity index is 479. The highest BCUT2D eigenvalue weighted by Gasteiger charge is 2.13. The summed E-state index contributed by atoms with van der Waals surface area (Å²) in [5, 5.41) is 3.01. The zero-order chi connectivity index (χ0) is 15.6. The number of benzene rings is 1. The largest absolute Gasteiger partial charge is 0.494 e. The van der Waals surface area contributed by atoms with E-state index in [-0.39, 0.29) is 5.91 Å². The van der Waals surface area contributed by atoms with Crippen LogP contribution in [0.1, 0.15) is 44.6 Å². The number of unbranched alkanes of at least 4 members (excludes halogenated alkanes) is 1. The van der Waals surface area contributed by atoms with Gasteiger partial charge in [0.2, 0.25) is 5.91 Å². The SMILES string of the molecule is CCCCOc1ccc(CCNC(=O)C[C@H]2C=CCC2)cc1. The summed E-state index contributed by atoms with van der Waals surface area (Å²) in [6.45, 7) is 3.64. The van der Waals surface area contributed by atoms with Crippen molar-refractivity contribution in [2.75, 3.05) is 13.2 Å². The van der Waals surface area contributed by atoms with E-state index in [1.807, 2.05) is 12.1 Å². The number of carbonyl (C=O) groups excluding carboxylic acids is 1. The maximum Gasteiger partial charge on any atom is 0.220 e. The summed E-state index contributed by atoms with van der Waals surface area (Å²) in [5.41, 5.74) is 1.23. The minimum absolute atomic E-state index is 0.163. The van der Waals surface area contributed by atoms with Crippen molar-refractivity contribution in [3.05, 3.63) is 42.0 Å². The summed E-state index contributed by atoms with van der Waals surface area (Å²) in [6.07, 6.45) is 10.3. The van der Waals surface area contributed by atoms with Crippen LogP contribution >= 0.6 is 0 Å².